The molecule has 1 saturated carbocycles. The fourth-order valence-corrected chi connectivity index (χ4v) is 4.56. The molecule has 1 fully saturated rings. The Balaban J connectivity index is 1.36. The van der Waals surface area contributed by atoms with Crippen LogP contribution in [-0.2, 0) is 4.74 Å². The van der Waals surface area contributed by atoms with Crippen LogP contribution in [0, 0.1) is 11.3 Å². The first-order valence-corrected chi connectivity index (χ1v) is 12.0. The van der Waals surface area contributed by atoms with Crippen molar-refractivity contribution in [2.24, 2.45) is 0 Å². The molecule has 0 amide bonds. The molecule has 3 rings (SSSR count). The smallest absolute Gasteiger partial charge is 0.0991 e. The molecule has 2 nitrogen and oxygen atoms in total. The molecule has 160 valence electrons. The summed E-state index contributed by atoms with van der Waals surface area (Å²) in [6, 6.07) is 19.0. The summed E-state index contributed by atoms with van der Waals surface area (Å²) in [6.07, 6.45) is 14.7. The predicted molar refractivity (Wildman–Crippen MR) is 126 cm³/mol. The van der Waals surface area contributed by atoms with Crippen LogP contribution in [0.4, 0.5) is 0 Å². The van der Waals surface area contributed by atoms with Crippen molar-refractivity contribution in [3.05, 3.63) is 59.7 Å². The topological polar surface area (TPSA) is 33.0 Å². The summed E-state index contributed by atoms with van der Waals surface area (Å²) in [6.45, 7) is 3.22. The lowest BCUT2D eigenvalue weighted by Crippen LogP contribution is -2.21. The zero-order valence-corrected chi connectivity index (χ0v) is 18.6. The molecule has 0 radical (unpaired) electrons. The number of benzene rings is 2. The quantitative estimate of drug-likeness (QED) is 0.356. The molecule has 0 aliphatic heterocycles. The second-order valence-corrected chi connectivity index (χ2v) is 8.78. The van der Waals surface area contributed by atoms with E-state index in [-0.39, 0.29) is 0 Å². The van der Waals surface area contributed by atoms with E-state index in [0.717, 1.165) is 6.61 Å². The Morgan fingerprint density at radius 1 is 0.767 bits per heavy atom. The average Bonchev–Trinajstić information content (AvgIpc) is 2.81. The van der Waals surface area contributed by atoms with Crippen molar-refractivity contribution in [1.82, 2.24) is 0 Å². The highest BCUT2D eigenvalue weighted by Gasteiger charge is 2.22. The number of hydrogen-bond acceptors (Lipinski definition) is 2. The van der Waals surface area contributed by atoms with Crippen LogP contribution in [0.3, 0.4) is 0 Å². The van der Waals surface area contributed by atoms with Gasteiger partial charge in [-0.2, -0.15) is 5.26 Å². The standard InChI is InChI=1S/C28H37NO/c1-2-3-4-5-6-7-8-21-30-28-19-17-27(18-20-28)26-15-13-25(14-16-26)24-11-9-23(22-29)10-12-24/h9-16,27-28H,2-8,17-21H2,1H3/t27-,28-. The van der Waals surface area contributed by atoms with Gasteiger partial charge in [-0.3, -0.25) is 0 Å². The van der Waals surface area contributed by atoms with Gasteiger partial charge < -0.3 is 4.74 Å². The Bertz CT molecular complexity index is 764. The molecule has 0 atom stereocenters. The Morgan fingerprint density at radius 2 is 1.33 bits per heavy atom. The van der Waals surface area contributed by atoms with Crippen molar-refractivity contribution in [3.63, 3.8) is 0 Å². The van der Waals surface area contributed by atoms with Crippen LogP contribution in [0.2, 0.25) is 0 Å². The normalized spacial score (nSPS) is 18.8. The van der Waals surface area contributed by atoms with Gasteiger partial charge >= 0.3 is 0 Å². The lowest BCUT2D eigenvalue weighted by atomic mass is 9.82. The molecule has 1 aliphatic carbocycles. The first-order valence-electron chi connectivity index (χ1n) is 12.0. The van der Waals surface area contributed by atoms with Gasteiger partial charge in [-0.25, -0.2) is 0 Å². The van der Waals surface area contributed by atoms with Crippen molar-refractivity contribution in [2.75, 3.05) is 6.61 Å². The number of ether oxygens (including phenoxy) is 1. The first-order chi connectivity index (χ1) is 14.8. The number of rotatable bonds is 11. The van der Waals surface area contributed by atoms with Crippen LogP contribution in [0.25, 0.3) is 11.1 Å². The Labute approximate surface area is 183 Å². The maximum Gasteiger partial charge on any atom is 0.0991 e. The van der Waals surface area contributed by atoms with E-state index in [2.05, 4.69) is 37.3 Å². The maximum atomic E-state index is 8.95. The van der Waals surface area contributed by atoms with Crippen LogP contribution >= 0.6 is 0 Å². The third-order valence-electron chi connectivity index (χ3n) is 6.51. The highest BCUT2D eigenvalue weighted by Crippen LogP contribution is 2.35. The van der Waals surface area contributed by atoms with Crippen molar-refractivity contribution < 1.29 is 4.74 Å². The number of hydrogen-bond donors (Lipinski definition) is 0. The Hall–Kier alpha value is -2.11. The van der Waals surface area contributed by atoms with Crippen LogP contribution in [0.1, 0.15) is 94.6 Å². The molecule has 0 bridgehead atoms. The second-order valence-electron chi connectivity index (χ2n) is 8.78. The lowest BCUT2D eigenvalue weighted by Gasteiger charge is -2.29. The summed E-state index contributed by atoms with van der Waals surface area (Å²) in [5.74, 6) is 0.665. The zero-order chi connectivity index (χ0) is 21.0. The van der Waals surface area contributed by atoms with Crippen molar-refractivity contribution in [3.8, 4) is 17.2 Å². The van der Waals surface area contributed by atoms with E-state index in [4.69, 9.17) is 10.00 Å². The van der Waals surface area contributed by atoms with E-state index in [1.165, 1.54) is 87.3 Å². The molecule has 0 spiro atoms. The molecule has 2 heteroatoms. The second kappa shape index (κ2) is 12.6. The van der Waals surface area contributed by atoms with E-state index in [1.807, 2.05) is 24.3 Å². The summed E-state index contributed by atoms with van der Waals surface area (Å²) in [5, 5.41) is 8.95. The molecule has 2 aromatic rings. The molecule has 0 heterocycles. The highest BCUT2D eigenvalue weighted by atomic mass is 16.5. The highest BCUT2D eigenvalue weighted by molar-refractivity contribution is 5.64. The molecular weight excluding hydrogens is 366 g/mol. The van der Waals surface area contributed by atoms with Crippen molar-refractivity contribution in [1.29, 1.82) is 5.26 Å². The fraction of sp³-hybridized carbons (Fsp3) is 0.536. The molecule has 0 saturated heterocycles. The van der Waals surface area contributed by atoms with Gasteiger partial charge in [0, 0.05) is 6.61 Å². The number of nitriles is 1. The minimum Gasteiger partial charge on any atom is -0.378 e. The fourth-order valence-electron chi connectivity index (χ4n) is 4.56. The van der Waals surface area contributed by atoms with Gasteiger partial charge in [0.2, 0.25) is 0 Å². The monoisotopic (exact) mass is 403 g/mol. The number of unbranched alkanes of at least 4 members (excludes halogenated alkanes) is 6. The van der Waals surface area contributed by atoms with Gasteiger partial charge in [-0.05, 0) is 66.8 Å². The van der Waals surface area contributed by atoms with Crippen LogP contribution < -0.4 is 0 Å². The van der Waals surface area contributed by atoms with E-state index in [9.17, 15) is 0 Å². The van der Waals surface area contributed by atoms with Crippen LogP contribution in [0.15, 0.2) is 48.5 Å². The molecule has 30 heavy (non-hydrogen) atoms. The summed E-state index contributed by atoms with van der Waals surface area (Å²) in [4.78, 5) is 0. The molecule has 0 N–H and O–H groups in total. The molecule has 1 aliphatic rings. The van der Waals surface area contributed by atoms with Crippen LogP contribution in [-0.4, -0.2) is 12.7 Å². The zero-order valence-electron chi connectivity index (χ0n) is 18.6. The van der Waals surface area contributed by atoms with E-state index < -0.39 is 0 Å². The maximum absolute atomic E-state index is 8.95. The summed E-state index contributed by atoms with van der Waals surface area (Å²) in [7, 11) is 0. The van der Waals surface area contributed by atoms with Crippen molar-refractivity contribution >= 4 is 0 Å². The third-order valence-corrected chi connectivity index (χ3v) is 6.51. The number of nitrogens with zero attached hydrogens (tertiary/aromatic N) is 1. The Kier molecular flexibility index (Phi) is 9.45. The van der Waals surface area contributed by atoms with Gasteiger partial charge in [-0.1, -0.05) is 81.8 Å². The van der Waals surface area contributed by atoms with E-state index in [1.54, 1.807) is 0 Å². The van der Waals surface area contributed by atoms with E-state index >= 15 is 0 Å². The Morgan fingerprint density at radius 3 is 1.93 bits per heavy atom. The van der Waals surface area contributed by atoms with Gasteiger partial charge in [0.15, 0.2) is 0 Å². The largest absolute Gasteiger partial charge is 0.378 e. The van der Waals surface area contributed by atoms with Gasteiger partial charge in [0.25, 0.3) is 0 Å². The summed E-state index contributed by atoms with van der Waals surface area (Å²) < 4.78 is 6.17. The molecule has 0 aromatic heterocycles. The third kappa shape index (κ3) is 6.99. The molecule has 0 unspecified atom stereocenters. The summed E-state index contributed by atoms with van der Waals surface area (Å²) >= 11 is 0. The SMILES string of the molecule is CCCCCCCCCO[C@H]1CC[C@H](c2ccc(-c3ccc(C#N)cc3)cc2)CC1. The van der Waals surface area contributed by atoms with Gasteiger partial charge in [-0.15, -0.1) is 0 Å². The molecular formula is C28H37NO. The molecule has 2 aromatic carbocycles. The first kappa shape index (κ1) is 22.6. The predicted octanol–water partition coefficient (Wildman–Crippen LogP) is 8.02. The van der Waals surface area contributed by atoms with Crippen LogP contribution in [0.5, 0.6) is 0 Å². The summed E-state index contributed by atoms with van der Waals surface area (Å²) in [5.41, 5.74) is 4.55. The van der Waals surface area contributed by atoms with Crippen molar-refractivity contribution in [2.45, 2.75) is 89.6 Å². The van der Waals surface area contributed by atoms with Gasteiger partial charge in [0.1, 0.15) is 0 Å². The van der Waals surface area contributed by atoms with Gasteiger partial charge in [0.05, 0.1) is 17.7 Å². The minimum atomic E-state index is 0.472. The minimum absolute atomic E-state index is 0.472. The van der Waals surface area contributed by atoms with E-state index in [0.29, 0.717) is 17.6 Å². The lowest BCUT2D eigenvalue weighted by molar-refractivity contribution is 0.0226. The average molecular weight is 404 g/mol.